The Kier molecular flexibility index (Phi) is 6.08. The summed E-state index contributed by atoms with van der Waals surface area (Å²) in [6, 6.07) is 2.65. The summed E-state index contributed by atoms with van der Waals surface area (Å²) < 4.78 is 4.81. The van der Waals surface area contributed by atoms with Gasteiger partial charge in [-0.25, -0.2) is 4.79 Å². The van der Waals surface area contributed by atoms with E-state index in [9.17, 15) is 4.79 Å². The molecule has 0 unspecified atom stereocenters. The summed E-state index contributed by atoms with van der Waals surface area (Å²) in [5.41, 5.74) is 0.742. The van der Waals surface area contributed by atoms with Crippen LogP contribution in [-0.2, 0) is 4.74 Å². The number of nitrogens with zero attached hydrogens (tertiary/aromatic N) is 2. The number of methoxy groups -OCH3 is 1. The number of thiophene rings is 1. The third-order valence-electron chi connectivity index (χ3n) is 4.97. The predicted molar refractivity (Wildman–Crippen MR) is 102 cm³/mol. The van der Waals surface area contributed by atoms with Gasteiger partial charge >= 0.3 is 5.97 Å². The number of rotatable bonds is 3. The van der Waals surface area contributed by atoms with Crippen LogP contribution in [0, 0.1) is 0 Å². The average Bonchev–Trinajstić information content (AvgIpc) is 3.10. The van der Waals surface area contributed by atoms with Crippen LogP contribution in [0.1, 0.15) is 41.8 Å². The third-order valence-corrected chi connectivity index (χ3v) is 6.22. The molecule has 1 aliphatic carbocycles. The van der Waals surface area contributed by atoms with E-state index in [4.69, 9.17) is 17.0 Å². The first-order valence-electron chi connectivity index (χ1n) is 8.65. The van der Waals surface area contributed by atoms with Crippen molar-refractivity contribution in [2.24, 2.45) is 0 Å². The van der Waals surface area contributed by atoms with Crippen molar-refractivity contribution in [3.05, 3.63) is 16.3 Å². The average molecular weight is 368 g/mol. The molecular weight excluding hydrogens is 342 g/mol. The van der Waals surface area contributed by atoms with E-state index in [1.807, 2.05) is 11.4 Å². The Morgan fingerprint density at radius 3 is 2.62 bits per heavy atom. The molecule has 0 bridgehead atoms. The van der Waals surface area contributed by atoms with Gasteiger partial charge in [0.1, 0.15) is 4.88 Å². The van der Waals surface area contributed by atoms with Crippen LogP contribution in [0.2, 0.25) is 0 Å². The molecule has 0 aromatic carbocycles. The van der Waals surface area contributed by atoms with E-state index in [-0.39, 0.29) is 5.97 Å². The Bertz CT molecular complexity index is 576. The lowest BCUT2D eigenvalue weighted by Gasteiger charge is -2.41. The fraction of sp³-hybridized carbons (Fsp3) is 0.647. The van der Waals surface area contributed by atoms with Crippen LogP contribution < -0.4 is 5.32 Å². The number of nitrogens with one attached hydrogen (secondary N) is 1. The highest BCUT2D eigenvalue weighted by atomic mass is 32.1. The lowest BCUT2D eigenvalue weighted by molar-refractivity contribution is 0.0607. The van der Waals surface area contributed by atoms with Gasteiger partial charge in [-0.3, -0.25) is 4.90 Å². The number of ether oxygens (including phenoxy) is 1. The van der Waals surface area contributed by atoms with Gasteiger partial charge in [0.2, 0.25) is 0 Å². The Labute approximate surface area is 153 Å². The molecule has 5 nitrogen and oxygen atoms in total. The van der Waals surface area contributed by atoms with Gasteiger partial charge in [-0.2, -0.15) is 0 Å². The lowest BCUT2D eigenvalue weighted by Crippen LogP contribution is -2.53. The van der Waals surface area contributed by atoms with Gasteiger partial charge in [0, 0.05) is 32.2 Å². The number of carbonyl (C=O) groups excluding carboxylic acids is 1. The second kappa shape index (κ2) is 8.27. The number of carbonyl (C=O) groups is 1. The minimum Gasteiger partial charge on any atom is -0.465 e. The number of piperazine rings is 1. The van der Waals surface area contributed by atoms with E-state index in [1.54, 1.807) is 0 Å². The van der Waals surface area contributed by atoms with Gasteiger partial charge < -0.3 is 15.0 Å². The fourth-order valence-electron chi connectivity index (χ4n) is 3.59. The molecule has 0 atom stereocenters. The van der Waals surface area contributed by atoms with Gasteiger partial charge in [-0.15, -0.1) is 11.3 Å². The first-order valence-corrected chi connectivity index (χ1v) is 9.93. The summed E-state index contributed by atoms with van der Waals surface area (Å²) in [5.74, 6) is -0.322. The maximum absolute atomic E-state index is 11.8. The van der Waals surface area contributed by atoms with Crippen LogP contribution >= 0.6 is 23.6 Å². The van der Waals surface area contributed by atoms with Crippen molar-refractivity contribution < 1.29 is 9.53 Å². The monoisotopic (exact) mass is 367 g/mol. The third kappa shape index (κ3) is 4.07. The van der Waals surface area contributed by atoms with Crippen molar-refractivity contribution in [3.8, 4) is 0 Å². The number of anilines is 1. The molecular formula is C17H25N3O2S2. The Morgan fingerprint density at radius 1 is 1.25 bits per heavy atom. The van der Waals surface area contributed by atoms with Gasteiger partial charge in [-0.05, 0) is 36.5 Å². The van der Waals surface area contributed by atoms with Gasteiger partial charge in [0.25, 0.3) is 0 Å². The van der Waals surface area contributed by atoms with Crippen molar-refractivity contribution in [2.45, 2.75) is 38.1 Å². The molecule has 0 amide bonds. The molecule has 24 heavy (non-hydrogen) atoms. The predicted octanol–water partition coefficient (Wildman–Crippen LogP) is 3.18. The molecule has 1 aromatic heterocycles. The first kappa shape index (κ1) is 17.6. The maximum atomic E-state index is 11.8. The molecule has 1 saturated heterocycles. The van der Waals surface area contributed by atoms with Crippen molar-refractivity contribution in [3.63, 3.8) is 0 Å². The van der Waals surface area contributed by atoms with E-state index >= 15 is 0 Å². The van der Waals surface area contributed by atoms with Crippen molar-refractivity contribution in [2.75, 3.05) is 38.6 Å². The van der Waals surface area contributed by atoms with E-state index in [0.717, 1.165) is 37.9 Å². The van der Waals surface area contributed by atoms with Crippen LogP contribution in [0.25, 0.3) is 0 Å². The van der Waals surface area contributed by atoms with Crippen molar-refractivity contribution in [1.29, 1.82) is 0 Å². The lowest BCUT2D eigenvalue weighted by atomic mass is 9.94. The SMILES string of the molecule is COC(=O)c1sccc1NC(=S)N1CCN(C2CCCCC2)CC1. The molecule has 132 valence electrons. The zero-order chi connectivity index (χ0) is 16.9. The Hall–Kier alpha value is -1.18. The van der Waals surface area contributed by atoms with Gasteiger partial charge in [0.05, 0.1) is 12.8 Å². The highest BCUT2D eigenvalue weighted by molar-refractivity contribution is 7.80. The second-order valence-electron chi connectivity index (χ2n) is 6.40. The van der Waals surface area contributed by atoms with E-state index < -0.39 is 0 Å². The largest absolute Gasteiger partial charge is 0.465 e. The molecule has 0 spiro atoms. The minimum absolute atomic E-state index is 0.322. The van der Waals surface area contributed by atoms with Gasteiger partial charge in [-0.1, -0.05) is 19.3 Å². The molecule has 3 rings (SSSR count). The number of thiocarbonyl (C=S) groups is 1. The zero-order valence-electron chi connectivity index (χ0n) is 14.1. The molecule has 1 aromatic rings. The fourth-order valence-corrected chi connectivity index (χ4v) is 4.65. The summed E-state index contributed by atoms with van der Waals surface area (Å²) in [4.78, 5) is 17.2. The highest BCUT2D eigenvalue weighted by Gasteiger charge is 2.26. The maximum Gasteiger partial charge on any atom is 0.350 e. The number of esters is 1. The van der Waals surface area contributed by atoms with Crippen molar-refractivity contribution >= 4 is 40.3 Å². The van der Waals surface area contributed by atoms with E-state index in [0.29, 0.717) is 9.99 Å². The molecule has 1 aliphatic heterocycles. The first-order chi connectivity index (χ1) is 11.7. The molecule has 1 N–H and O–H groups in total. The van der Waals surface area contributed by atoms with Crippen LogP contribution in [0.15, 0.2) is 11.4 Å². The normalized spacial score (nSPS) is 20.0. The quantitative estimate of drug-likeness (QED) is 0.654. The summed E-state index contributed by atoms with van der Waals surface area (Å²) in [7, 11) is 1.40. The number of hydrogen-bond donors (Lipinski definition) is 1. The zero-order valence-corrected chi connectivity index (χ0v) is 15.8. The molecule has 1 saturated carbocycles. The molecule has 7 heteroatoms. The summed E-state index contributed by atoms with van der Waals surface area (Å²) in [6.07, 6.45) is 6.84. The summed E-state index contributed by atoms with van der Waals surface area (Å²) in [6.45, 7) is 4.03. The molecule has 2 fully saturated rings. The second-order valence-corrected chi connectivity index (χ2v) is 7.70. The van der Waals surface area contributed by atoms with Gasteiger partial charge in [0.15, 0.2) is 5.11 Å². The van der Waals surface area contributed by atoms with Crippen LogP contribution in [-0.4, -0.2) is 60.2 Å². The Balaban J connectivity index is 1.52. The van der Waals surface area contributed by atoms with Crippen LogP contribution in [0.5, 0.6) is 0 Å². The van der Waals surface area contributed by atoms with Crippen LogP contribution in [0.3, 0.4) is 0 Å². The Morgan fingerprint density at radius 2 is 1.96 bits per heavy atom. The van der Waals surface area contributed by atoms with E-state index in [1.165, 1.54) is 50.6 Å². The van der Waals surface area contributed by atoms with Crippen molar-refractivity contribution in [1.82, 2.24) is 9.80 Å². The molecule has 2 heterocycles. The standard InChI is InChI=1S/C17H25N3O2S2/c1-22-16(21)15-14(7-12-24-15)18-17(23)20-10-8-19(9-11-20)13-5-3-2-4-6-13/h7,12-13H,2-6,8-11H2,1H3,(H,18,23). The van der Waals surface area contributed by atoms with E-state index in [2.05, 4.69) is 15.1 Å². The summed E-state index contributed by atoms with van der Waals surface area (Å²) in [5, 5.41) is 5.79. The number of hydrogen-bond acceptors (Lipinski definition) is 5. The minimum atomic E-state index is -0.322. The molecule has 0 radical (unpaired) electrons. The smallest absolute Gasteiger partial charge is 0.350 e. The van der Waals surface area contributed by atoms with Crippen LogP contribution in [0.4, 0.5) is 5.69 Å². The summed E-state index contributed by atoms with van der Waals surface area (Å²) >= 11 is 6.91. The molecule has 2 aliphatic rings. The topological polar surface area (TPSA) is 44.8 Å². The highest BCUT2D eigenvalue weighted by Crippen LogP contribution is 2.25.